The second kappa shape index (κ2) is 9.08. The lowest BCUT2D eigenvalue weighted by Crippen LogP contribution is -2.49. The number of piperazine rings is 1. The highest BCUT2D eigenvalue weighted by Crippen LogP contribution is 2.12. The van der Waals surface area contributed by atoms with Crippen LogP contribution in [0.4, 0.5) is 5.95 Å². The minimum absolute atomic E-state index is 0.0332. The first-order chi connectivity index (χ1) is 14.7. The number of anilines is 1. The Morgan fingerprint density at radius 3 is 2.33 bits per heavy atom. The van der Waals surface area contributed by atoms with Crippen molar-refractivity contribution in [3.8, 4) is 0 Å². The fourth-order valence-corrected chi connectivity index (χ4v) is 3.91. The van der Waals surface area contributed by atoms with E-state index in [-0.39, 0.29) is 18.1 Å². The van der Waals surface area contributed by atoms with Crippen molar-refractivity contribution in [2.45, 2.75) is 20.0 Å². The van der Waals surface area contributed by atoms with Crippen molar-refractivity contribution in [1.82, 2.24) is 29.3 Å². The number of hydrogen-bond acceptors (Lipinski definition) is 6. The number of aryl methyl sites for hydroxylation is 1. The molecule has 3 aromatic rings. The van der Waals surface area contributed by atoms with E-state index in [1.54, 1.807) is 21.5 Å². The van der Waals surface area contributed by atoms with Gasteiger partial charge in [-0.1, -0.05) is 12.1 Å². The van der Waals surface area contributed by atoms with Gasteiger partial charge in [0.2, 0.25) is 11.9 Å². The number of nitrogens with one attached hydrogen (secondary N) is 1. The molecule has 1 N–H and O–H groups in total. The average Bonchev–Trinajstić information content (AvgIpc) is 3.05. The Morgan fingerprint density at radius 2 is 1.67 bits per heavy atom. The Kier molecular flexibility index (Phi) is 6.08. The monoisotopic (exact) mass is 409 g/mol. The first kappa shape index (κ1) is 20.1. The molecular weight excluding hydrogens is 382 g/mol. The maximum absolute atomic E-state index is 12.6. The van der Waals surface area contributed by atoms with Gasteiger partial charge in [-0.25, -0.2) is 14.8 Å². The molecule has 1 aliphatic rings. The predicted octanol–water partition coefficient (Wildman–Crippen LogP) is 0.551. The number of rotatable bonds is 7. The minimum atomic E-state index is -0.146. The van der Waals surface area contributed by atoms with Gasteiger partial charge in [0.15, 0.2) is 0 Å². The maximum atomic E-state index is 12.6. The summed E-state index contributed by atoms with van der Waals surface area (Å²) in [6.45, 7) is 7.41. The zero-order valence-electron chi connectivity index (χ0n) is 17.2. The summed E-state index contributed by atoms with van der Waals surface area (Å²) in [4.78, 5) is 38.2. The molecule has 0 radical (unpaired) electrons. The first-order valence-corrected chi connectivity index (χ1v) is 10.4. The SMILES string of the molecule is CCn1c(=O)n(CC(=O)NCCN2CCN(c3ncccn3)CC2)c2ccccc21. The molecule has 0 saturated carbocycles. The van der Waals surface area contributed by atoms with E-state index in [9.17, 15) is 9.59 Å². The summed E-state index contributed by atoms with van der Waals surface area (Å²) in [5.74, 6) is 0.620. The maximum Gasteiger partial charge on any atom is 0.329 e. The lowest BCUT2D eigenvalue weighted by molar-refractivity contribution is -0.121. The number of fused-ring (bicyclic) bond motifs is 1. The zero-order valence-corrected chi connectivity index (χ0v) is 17.2. The molecule has 3 heterocycles. The fraction of sp³-hybridized carbons (Fsp3) is 0.429. The van der Waals surface area contributed by atoms with E-state index < -0.39 is 0 Å². The Bertz CT molecular complexity index is 1050. The van der Waals surface area contributed by atoms with Crippen LogP contribution >= 0.6 is 0 Å². The summed E-state index contributed by atoms with van der Waals surface area (Å²) in [6, 6.07) is 9.40. The summed E-state index contributed by atoms with van der Waals surface area (Å²) in [5, 5.41) is 2.95. The van der Waals surface area contributed by atoms with Gasteiger partial charge in [0, 0.05) is 58.2 Å². The number of carbonyl (C=O) groups is 1. The van der Waals surface area contributed by atoms with E-state index in [0.29, 0.717) is 13.1 Å². The van der Waals surface area contributed by atoms with Crippen molar-refractivity contribution in [1.29, 1.82) is 0 Å². The second-order valence-electron chi connectivity index (χ2n) is 7.33. The third-order valence-electron chi connectivity index (χ3n) is 5.50. The molecule has 2 aromatic heterocycles. The smallest absolute Gasteiger partial charge is 0.329 e. The molecule has 4 rings (SSSR count). The first-order valence-electron chi connectivity index (χ1n) is 10.4. The average molecular weight is 409 g/mol. The second-order valence-corrected chi connectivity index (χ2v) is 7.33. The minimum Gasteiger partial charge on any atom is -0.353 e. The summed E-state index contributed by atoms with van der Waals surface area (Å²) in [5.41, 5.74) is 1.50. The van der Waals surface area contributed by atoms with Crippen LogP contribution in [0.15, 0.2) is 47.5 Å². The van der Waals surface area contributed by atoms with E-state index >= 15 is 0 Å². The van der Waals surface area contributed by atoms with Crippen molar-refractivity contribution < 1.29 is 4.79 Å². The molecule has 9 nitrogen and oxygen atoms in total. The highest BCUT2D eigenvalue weighted by atomic mass is 16.2. The Labute approximate surface area is 174 Å². The molecule has 1 aromatic carbocycles. The fourth-order valence-electron chi connectivity index (χ4n) is 3.91. The van der Waals surface area contributed by atoms with Crippen molar-refractivity contribution in [3.63, 3.8) is 0 Å². The number of benzene rings is 1. The summed E-state index contributed by atoms with van der Waals surface area (Å²) < 4.78 is 3.24. The Hall–Kier alpha value is -3.20. The van der Waals surface area contributed by atoms with Crippen LogP contribution in [0.25, 0.3) is 11.0 Å². The van der Waals surface area contributed by atoms with Gasteiger partial charge in [-0.15, -0.1) is 0 Å². The number of aromatic nitrogens is 4. The molecule has 1 aliphatic heterocycles. The normalized spacial score (nSPS) is 14.9. The number of carbonyl (C=O) groups excluding carboxylic acids is 1. The van der Waals surface area contributed by atoms with E-state index in [1.807, 2.05) is 37.3 Å². The standard InChI is InChI=1S/C21H27N7O2/c1-2-27-17-6-3-4-7-18(17)28(21(27)30)16-19(29)22-10-11-25-12-14-26(15-13-25)20-23-8-5-9-24-20/h3-9H,2,10-16H2,1H3,(H,22,29). The summed E-state index contributed by atoms with van der Waals surface area (Å²) >= 11 is 0. The molecule has 158 valence electrons. The number of imidazole rings is 1. The lowest BCUT2D eigenvalue weighted by atomic mass is 10.3. The molecule has 0 aliphatic carbocycles. The Morgan fingerprint density at radius 1 is 1.00 bits per heavy atom. The van der Waals surface area contributed by atoms with Gasteiger partial charge < -0.3 is 10.2 Å². The van der Waals surface area contributed by atoms with Crippen molar-refractivity contribution in [2.75, 3.05) is 44.2 Å². The number of amides is 1. The van der Waals surface area contributed by atoms with Crippen molar-refractivity contribution in [3.05, 3.63) is 53.2 Å². The van der Waals surface area contributed by atoms with E-state index in [0.717, 1.165) is 49.7 Å². The van der Waals surface area contributed by atoms with Crippen molar-refractivity contribution >= 4 is 22.9 Å². The molecule has 30 heavy (non-hydrogen) atoms. The number of nitrogens with zero attached hydrogens (tertiary/aromatic N) is 6. The van der Waals surface area contributed by atoms with Crippen LogP contribution in [0.5, 0.6) is 0 Å². The molecular formula is C21H27N7O2. The topological polar surface area (TPSA) is 88.3 Å². The molecule has 1 fully saturated rings. The molecule has 0 bridgehead atoms. The molecule has 0 atom stereocenters. The van der Waals surface area contributed by atoms with Crippen LogP contribution in [0.2, 0.25) is 0 Å². The number of para-hydroxylation sites is 2. The lowest BCUT2D eigenvalue weighted by Gasteiger charge is -2.34. The van der Waals surface area contributed by atoms with Gasteiger partial charge in [-0.2, -0.15) is 0 Å². The van der Waals surface area contributed by atoms with E-state index in [2.05, 4.69) is 25.1 Å². The van der Waals surface area contributed by atoms with Crippen LogP contribution in [0.3, 0.4) is 0 Å². The third-order valence-corrected chi connectivity index (χ3v) is 5.50. The zero-order chi connectivity index (χ0) is 20.9. The molecule has 9 heteroatoms. The van der Waals surface area contributed by atoms with Crippen LogP contribution in [-0.2, 0) is 17.9 Å². The highest BCUT2D eigenvalue weighted by Gasteiger charge is 2.19. The van der Waals surface area contributed by atoms with Crippen molar-refractivity contribution in [2.24, 2.45) is 0 Å². The van der Waals surface area contributed by atoms with Gasteiger partial charge in [-0.3, -0.25) is 18.8 Å². The van der Waals surface area contributed by atoms with E-state index in [1.165, 1.54) is 0 Å². The predicted molar refractivity (Wildman–Crippen MR) is 116 cm³/mol. The highest BCUT2D eigenvalue weighted by molar-refractivity contribution is 5.80. The number of hydrogen-bond donors (Lipinski definition) is 1. The summed E-state index contributed by atoms with van der Waals surface area (Å²) in [6.07, 6.45) is 3.51. The molecule has 1 amide bonds. The van der Waals surface area contributed by atoms with Crippen LogP contribution in [-0.4, -0.2) is 69.2 Å². The molecule has 1 saturated heterocycles. The quantitative estimate of drug-likeness (QED) is 0.613. The van der Waals surface area contributed by atoms with Gasteiger partial charge in [0.1, 0.15) is 6.54 Å². The van der Waals surface area contributed by atoms with E-state index in [4.69, 9.17) is 0 Å². The van der Waals surface area contributed by atoms with Gasteiger partial charge in [0.05, 0.1) is 11.0 Å². The third kappa shape index (κ3) is 4.20. The largest absolute Gasteiger partial charge is 0.353 e. The Balaban J connectivity index is 1.27. The van der Waals surface area contributed by atoms with Gasteiger partial charge in [0.25, 0.3) is 0 Å². The summed E-state index contributed by atoms with van der Waals surface area (Å²) in [7, 11) is 0. The van der Waals surface area contributed by atoms with Crippen LogP contribution in [0.1, 0.15) is 6.92 Å². The molecule has 0 unspecified atom stereocenters. The molecule has 0 spiro atoms. The van der Waals surface area contributed by atoms with Crippen LogP contribution in [0, 0.1) is 0 Å². The van der Waals surface area contributed by atoms with Gasteiger partial charge in [-0.05, 0) is 25.1 Å². The van der Waals surface area contributed by atoms with Crippen LogP contribution < -0.4 is 15.9 Å². The van der Waals surface area contributed by atoms with Gasteiger partial charge >= 0.3 is 5.69 Å².